The van der Waals surface area contributed by atoms with Gasteiger partial charge in [0.1, 0.15) is 5.76 Å². The molecule has 0 atom stereocenters. The third-order valence-electron chi connectivity index (χ3n) is 5.55. The second-order valence-corrected chi connectivity index (χ2v) is 8.04. The summed E-state index contributed by atoms with van der Waals surface area (Å²) in [6, 6.07) is 16.1. The number of benzene rings is 2. The zero-order valence-corrected chi connectivity index (χ0v) is 18.8. The van der Waals surface area contributed by atoms with Gasteiger partial charge in [0.15, 0.2) is 5.76 Å². The number of fused-ring (bicyclic) bond motifs is 1. The highest BCUT2D eigenvalue weighted by Gasteiger charge is 2.30. The highest BCUT2D eigenvalue weighted by Crippen LogP contribution is 2.31. The minimum absolute atomic E-state index is 0.185. The molecular formula is C25H24ClN3O3. The van der Waals surface area contributed by atoms with Crippen LogP contribution in [0.1, 0.15) is 57.6 Å². The number of nitrogens with one attached hydrogen (secondary N) is 1. The van der Waals surface area contributed by atoms with Crippen LogP contribution in [0.4, 0.5) is 5.69 Å². The molecule has 2 amide bonds. The highest BCUT2D eigenvalue weighted by atomic mass is 35.5. The van der Waals surface area contributed by atoms with Gasteiger partial charge in [0.25, 0.3) is 11.8 Å². The minimum Gasteiger partial charge on any atom is -0.455 e. The molecule has 0 radical (unpaired) electrons. The van der Waals surface area contributed by atoms with E-state index in [4.69, 9.17) is 16.0 Å². The molecule has 0 bridgehead atoms. The van der Waals surface area contributed by atoms with E-state index < -0.39 is 0 Å². The van der Waals surface area contributed by atoms with Gasteiger partial charge in [0.2, 0.25) is 0 Å². The molecule has 1 aromatic heterocycles. The van der Waals surface area contributed by atoms with E-state index in [2.05, 4.69) is 10.5 Å². The third kappa shape index (κ3) is 4.32. The molecule has 6 nitrogen and oxygen atoms in total. The molecule has 2 aromatic carbocycles. The number of anilines is 1. The molecule has 0 spiro atoms. The van der Waals surface area contributed by atoms with Crippen LogP contribution in [0.25, 0.3) is 0 Å². The Labute approximate surface area is 191 Å². The number of halogens is 1. The van der Waals surface area contributed by atoms with E-state index in [0.717, 1.165) is 41.1 Å². The third-order valence-corrected chi connectivity index (χ3v) is 5.80. The van der Waals surface area contributed by atoms with Crippen LogP contribution in [-0.2, 0) is 6.42 Å². The maximum atomic E-state index is 13.3. The molecule has 7 heteroatoms. The molecule has 1 aliphatic rings. The Hall–Kier alpha value is -3.38. The second-order valence-electron chi connectivity index (χ2n) is 7.60. The molecule has 0 fully saturated rings. The lowest BCUT2D eigenvalue weighted by molar-refractivity contribution is 0.0949. The lowest BCUT2D eigenvalue weighted by atomic mass is 9.93. The first-order valence-electron chi connectivity index (χ1n) is 10.6. The summed E-state index contributed by atoms with van der Waals surface area (Å²) in [5, 5.41) is 4.94. The molecule has 164 valence electrons. The van der Waals surface area contributed by atoms with Crippen molar-refractivity contribution in [1.82, 2.24) is 5.43 Å². The SMILES string of the molecule is CCN(C(=O)c1oc2c(c1C)/C(=N/NC(=O)c1ccc(Cl)cc1)CCC2)c1ccccc1. The average Bonchev–Trinajstić information content (AvgIpc) is 3.16. The van der Waals surface area contributed by atoms with Gasteiger partial charge in [-0.3, -0.25) is 9.59 Å². The topological polar surface area (TPSA) is 74.9 Å². The van der Waals surface area contributed by atoms with E-state index in [1.807, 2.05) is 44.2 Å². The van der Waals surface area contributed by atoms with E-state index in [9.17, 15) is 9.59 Å². The van der Waals surface area contributed by atoms with Crippen LogP contribution >= 0.6 is 11.6 Å². The number of aryl methyl sites for hydroxylation is 1. The van der Waals surface area contributed by atoms with Crippen LogP contribution in [0.5, 0.6) is 0 Å². The standard InChI is InChI=1S/C25H24ClN3O3/c1-3-29(19-8-5-4-6-9-19)25(31)23-16(2)22-20(10-7-11-21(22)32-23)27-28-24(30)17-12-14-18(26)15-13-17/h4-6,8-9,12-15H,3,7,10-11H2,1-2H3,(H,28,30)/b27-20+. The summed E-state index contributed by atoms with van der Waals surface area (Å²) in [5.74, 6) is 0.551. The molecule has 3 aromatic rings. The fourth-order valence-electron chi connectivity index (χ4n) is 3.94. The van der Waals surface area contributed by atoms with Crippen molar-refractivity contribution in [3.63, 3.8) is 0 Å². The van der Waals surface area contributed by atoms with Crippen molar-refractivity contribution in [1.29, 1.82) is 0 Å². The summed E-state index contributed by atoms with van der Waals surface area (Å²) >= 11 is 5.89. The van der Waals surface area contributed by atoms with Crippen LogP contribution in [0.2, 0.25) is 5.02 Å². The summed E-state index contributed by atoms with van der Waals surface area (Å²) in [7, 11) is 0. The molecule has 32 heavy (non-hydrogen) atoms. The molecular weight excluding hydrogens is 426 g/mol. The molecule has 0 aliphatic heterocycles. The number of hydrogen-bond donors (Lipinski definition) is 1. The number of rotatable bonds is 5. The van der Waals surface area contributed by atoms with Crippen molar-refractivity contribution in [2.75, 3.05) is 11.4 Å². The molecule has 1 heterocycles. The van der Waals surface area contributed by atoms with Crippen molar-refractivity contribution in [3.05, 3.63) is 87.8 Å². The number of furan rings is 1. The quantitative estimate of drug-likeness (QED) is 0.531. The molecule has 4 rings (SSSR count). The number of nitrogens with zero attached hydrogens (tertiary/aromatic N) is 2. The highest BCUT2D eigenvalue weighted by molar-refractivity contribution is 6.30. The van der Waals surface area contributed by atoms with Gasteiger partial charge >= 0.3 is 0 Å². The van der Waals surface area contributed by atoms with E-state index in [1.165, 1.54) is 0 Å². The predicted molar refractivity (Wildman–Crippen MR) is 126 cm³/mol. The van der Waals surface area contributed by atoms with E-state index in [-0.39, 0.29) is 11.8 Å². The number of hydrogen-bond acceptors (Lipinski definition) is 4. The smallest absolute Gasteiger partial charge is 0.294 e. The van der Waals surface area contributed by atoms with Gasteiger partial charge in [-0.05, 0) is 63.1 Å². The number of hydrazone groups is 1. The van der Waals surface area contributed by atoms with E-state index in [1.54, 1.807) is 29.2 Å². The van der Waals surface area contributed by atoms with Gasteiger partial charge in [-0.25, -0.2) is 5.43 Å². The maximum absolute atomic E-state index is 13.3. The van der Waals surface area contributed by atoms with Crippen molar-refractivity contribution < 1.29 is 14.0 Å². The van der Waals surface area contributed by atoms with Crippen molar-refractivity contribution >= 4 is 34.8 Å². The minimum atomic E-state index is -0.319. The van der Waals surface area contributed by atoms with Crippen LogP contribution in [0, 0.1) is 6.92 Å². The van der Waals surface area contributed by atoms with Crippen LogP contribution in [0.15, 0.2) is 64.1 Å². The summed E-state index contributed by atoms with van der Waals surface area (Å²) in [4.78, 5) is 27.5. The first-order chi connectivity index (χ1) is 15.5. The Kier molecular flexibility index (Phi) is 6.42. The van der Waals surface area contributed by atoms with E-state index in [0.29, 0.717) is 29.3 Å². The van der Waals surface area contributed by atoms with Crippen LogP contribution < -0.4 is 10.3 Å². The van der Waals surface area contributed by atoms with Gasteiger partial charge < -0.3 is 9.32 Å². The molecule has 1 N–H and O–H groups in total. The Morgan fingerprint density at radius 3 is 2.50 bits per heavy atom. The van der Waals surface area contributed by atoms with Crippen molar-refractivity contribution in [2.24, 2.45) is 5.10 Å². The Bertz CT molecular complexity index is 1170. The van der Waals surface area contributed by atoms with Gasteiger partial charge in [0, 0.05) is 40.4 Å². The summed E-state index contributed by atoms with van der Waals surface area (Å²) in [5.41, 5.74) is 6.20. The zero-order chi connectivity index (χ0) is 22.7. The van der Waals surface area contributed by atoms with Crippen molar-refractivity contribution in [3.8, 4) is 0 Å². The number of carbonyl (C=O) groups is 2. The van der Waals surface area contributed by atoms with Crippen LogP contribution in [0.3, 0.4) is 0 Å². The normalized spacial score (nSPS) is 14.2. The predicted octanol–water partition coefficient (Wildman–Crippen LogP) is 5.38. The molecule has 0 unspecified atom stereocenters. The molecule has 0 saturated carbocycles. The summed E-state index contributed by atoms with van der Waals surface area (Å²) < 4.78 is 6.04. The lowest BCUT2D eigenvalue weighted by Gasteiger charge is -2.20. The lowest BCUT2D eigenvalue weighted by Crippen LogP contribution is -2.30. The Morgan fingerprint density at radius 1 is 1.09 bits per heavy atom. The van der Waals surface area contributed by atoms with Gasteiger partial charge in [-0.2, -0.15) is 5.10 Å². The largest absolute Gasteiger partial charge is 0.455 e. The molecule has 0 saturated heterocycles. The van der Waals surface area contributed by atoms with Crippen LogP contribution in [-0.4, -0.2) is 24.1 Å². The monoisotopic (exact) mass is 449 g/mol. The number of carbonyl (C=O) groups excluding carboxylic acids is 2. The fraction of sp³-hybridized carbons (Fsp3) is 0.240. The average molecular weight is 450 g/mol. The Morgan fingerprint density at radius 2 is 1.81 bits per heavy atom. The summed E-state index contributed by atoms with van der Waals surface area (Å²) in [6.45, 7) is 4.32. The van der Waals surface area contributed by atoms with Gasteiger partial charge in [-0.1, -0.05) is 29.8 Å². The first-order valence-corrected chi connectivity index (χ1v) is 11.0. The summed E-state index contributed by atoms with van der Waals surface area (Å²) in [6.07, 6.45) is 2.25. The number of amides is 2. The van der Waals surface area contributed by atoms with Crippen molar-refractivity contribution in [2.45, 2.75) is 33.1 Å². The van der Waals surface area contributed by atoms with Gasteiger partial charge in [0.05, 0.1) is 5.71 Å². The molecule has 1 aliphatic carbocycles. The second kappa shape index (κ2) is 9.40. The first kappa shape index (κ1) is 21.8. The maximum Gasteiger partial charge on any atom is 0.294 e. The van der Waals surface area contributed by atoms with E-state index >= 15 is 0 Å². The number of para-hydroxylation sites is 1. The van der Waals surface area contributed by atoms with Gasteiger partial charge in [-0.15, -0.1) is 0 Å². The Balaban J connectivity index is 1.61. The fourth-order valence-corrected chi connectivity index (χ4v) is 4.07. The zero-order valence-electron chi connectivity index (χ0n) is 18.0.